The summed E-state index contributed by atoms with van der Waals surface area (Å²) in [7, 11) is -3.55. The summed E-state index contributed by atoms with van der Waals surface area (Å²) >= 11 is 0. The molecule has 2 N–H and O–H groups in total. The molecule has 2 rings (SSSR count). The minimum atomic E-state index is -3.55. The quantitative estimate of drug-likeness (QED) is 0.900. The zero-order chi connectivity index (χ0) is 14.9. The summed E-state index contributed by atoms with van der Waals surface area (Å²) in [5.74, 6) is 1.01. The van der Waals surface area contributed by atoms with E-state index in [0.717, 1.165) is 18.7 Å². The van der Waals surface area contributed by atoms with Gasteiger partial charge in [0.2, 0.25) is 0 Å². The van der Waals surface area contributed by atoms with E-state index < -0.39 is 10.0 Å². The molecule has 0 amide bonds. The van der Waals surface area contributed by atoms with E-state index in [2.05, 4.69) is 11.9 Å². The summed E-state index contributed by atoms with van der Waals surface area (Å²) in [4.78, 5) is 4.21. The third-order valence-corrected chi connectivity index (χ3v) is 5.97. The molecular weight excluding hydrogens is 312 g/mol. The molecule has 1 aromatic rings. The molecule has 0 bridgehead atoms. The molecule has 1 fully saturated rings. The summed E-state index contributed by atoms with van der Waals surface area (Å²) in [6, 6.07) is -0.124. The monoisotopic (exact) mass is 336 g/mol. The van der Waals surface area contributed by atoms with Crippen molar-refractivity contribution in [1.29, 1.82) is 0 Å². The van der Waals surface area contributed by atoms with Crippen molar-refractivity contribution in [2.45, 2.75) is 51.2 Å². The second-order valence-electron chi connectivity index (χ2n) is 5.45. The van der Waals surface area contributed by atoms with E-state index in [0.29, 0.717) is 19.6 Å². The van der Waals surface area contributed by atoms with Gasteiger partial charge in [0.25, 0.3) is 10.0 Å². The first kappa shape index (κ1) is 18.4. The first-order valence-corrected chi connectivity index (χ1v) is 8.61. The minimum Gasteiger partial charge on any atom is -0.334 e. The highest BCUT2D eigenvalue weighted by Crippen LogP contribution is 2.28. The molecular formula is C13H25ClN4O2S. The number of halogens is 1. The molecule has 1 saturated heterocycles. The Morgan fingerprint density at radius 3 is 2.67 bits per heavy atom. The molecule has 6 nitrogen and oxygen atoms in total. The predicted molar refractivity (Wildman–Crippen MR) is 85.0 cm³/mol. The number of imidazole rings is 1. The number of aromatic nitrogens is 2. The number of hydrogen-bond donors (Lipinski definition) is 1. The van der Waals surface area contributed by atoms with Gasteiger partial charge in [-0.3, -0.25) is 0 Å². The number of hydrogen-bond acceptors (Lipinski definition) is 4. The van der Waals surface area contributed by atoms with E-state index in [4.69, 9.17) is 5.73 Å². The molecule has 1 aromatic heterocycles. The zero-order valence-electron chi connectivity index (χ0n) is 12.8. The van der Waals surface area contributed by atoms with Crippen molar-refractivity contribution in [3.8, 4) is 0 Å². The third kappa shape index (κ3) is 3.41. The van der Waals surface area contributed by atoms with Crippen LogP contribution in [0.5, 0.6) is 0 Å². The Morgan fingerprint density at radius 2 is 2.14 bits per heavy atom. The van der Waals surface area contributed by atoms with Crippen LogP contribution < -0.4 is 5.73 Å². The van der Waals surface area contributed by atoms with Gasteiger partial charge in [-0.2, -0.15) is 4.31 Å². The van der Waals surface area contributed by atoms with Crippen molar-refractivity contribution in [3.63, 3.8) is 0 Å². The third-order valence-electron chi connectivity index (χ3n) is 4.17. The van der Waals surface area contributed by atoms with Gasteiger partial charge in [-0.25, -0.2) is 13.4 Å². The SMILES string of the molecule is CCn1cc(S(=O)(=O)N2CCCC(C)C2CN)nc1C.Cl. The highest BCUT2D eigenvalue weighted by molar-refractivity contribution is 7.89. The average Bonchev–Trinajstić information content (AvgIpc) is 2.80. The van der Waals surface area contributed by atoms with Gasteiger partial charge in [0, 0.05) is 31.9 Å². The van der Waals surface area contributed by atoms with Crippen molar-refractivity contribution < 1.29 is 8.42 Å². The fourth-order valence-corrected chi connectivity index (χ4v) is 4.67. The lowest BCUT2D eigenvalue weighted by atomic mass is 9.93. The van der Waals surface area contributed by atoms with E-state index in [9.17, 15) is 8.42 Å². The molecule has 0 aromatic carbocycles. The molecule has 1 aliphatic heterocycles. The second kappa shape index (κ2) is 7.09. The minimum absolute atomic E-state index is 0. The fourth-order valence-electron chi connectivity index (χ4n) is 2.90. The van der Waals surface area contributed by atoms with Crippen LogP contribution in [0.25, 0.3) is 0 Å². The normalized spacial score (nSPS) is 23.8. The average molecular weight is 337 g/mol. The molecule has 1 aliphatic rings. The predicted octanol–water partition coefficient (Wildman–Crippen LogP) is 1.38. The van der Waals surface area contributed by atoms with Crippen LogP contribution in [0, 0.1) is 12.8 Å². The smallest absolute Gasteiger partial charge is 0.262 e. The molecule has 0 radical (unpaired) electrons. The molecule has 2 unspecified atom stereocenters. The molecule has 2 heterocycles. The van der Waals surface area contributed by atoms with Crippen molar-refractivity contribution in [1.82, 2.24) is 13.9 Å². The second-order valence-corrected chi connectivity index (χ2v) is 7.29. The summed E-state index contributed by atoms with van der Waals surface area (Å²) in [6.45, 7) is 7.46. The number of piperidine rings is 1. The van der Waals surface area contributed by atoms with E-state index in [-0.39, 0.29) is 29.4 Å². The lowest BCUT2D eigenvalue weighted by molar-refractivity contribution is 0.192. The Labute approximate surface area is 133 Å². The van der Waals surface area contributed by atoms with Crippen LogP contribution in [0.15, 0.2) is 11.2 Å². The van der Waals surface area contributed by atoms with E-state index in [1.807, 2.05) is 18.4 Å². The first-order chi connectivity index (χ1) is 9.41. The van der Waals surface area contributed by atoms with Crippen LogP contribution in [-0.2, 0) is 16.6 Å². The Hall–Kier alpha value is -0.630. The number of nitrogens with two attached hydrogens (primary N) is 1. The van der Waals surface area contributed by atoms with Crippen LogP contribution >= 0.6 is 12.4 Å². The van der Waals surface area contributed by atoms with Crippen molar-refractivity contribution >= 4 is 22.4 Å². The van der Waals surface area contributed by atoms with Crippen molar-refractivity contribution in [2.24, 2.45) is 11.7 Å². The summed E-state index contributed by atoms with van der Waals surface area (Å²) in [5.41, 5.74) is 5.79. The van der Waals surface area contributed by atoms with Crippen LogP contribution in [-0.4, -0.2) is 41.4 Å². The van der Waals surface area contributed by atoms with Gasteiger partial charge in [0.1, 0.15) is 5.82 Å². The molecule has 122 valence electrons. The molecule has 0 spiro atoms. The maximum Gasteiger partial charge on any atom is 0.262 e. The zero-order valence-corrected chi connectivity index (χ0v) is 14.5. The molecule has 0 aliphatic carbocycles. The maximum atomic E-state index is 12.8. The summed E-state index contributed by atoms with van der Waals surface area (Å²) < 4.78 is 28.9. The van der Waals surface area contributed by atoms with Crippen molar-refractivity contribution in [2.75, 3.05) is 13.1 Å². The summed E-state index contributed by atoms with van der Waals surface area (Å²) in [5, 5.41) is 0.143. The largest absolute Gasteiger partial charge is 0.334 e. The highest BCUT2D eigenvalue weighted by Gasteiger charge is 2.37. The molecule has 8 heteroatoms. The Kier molecular flexibility index (Phi) is 6.22. The van der Waals surface area contributed by atoms with Crippen LogP contribution in [0.1, 0.15) is 32.5 Å². The molecule has 2 atom stereocenters. The highest BCUT2D eigenvalue weighted by atomic mass is 35.5. The lowest BCUT2D eigenvalue weighted by Crippen LogP contribution is -2.51. The van der Waals surface area contributed by atoms with Crippen molar-refractivity contribution in [3.05, 3.63) is 12.0 Å². The molecule has 0 saturated carbocycles. The van der Waals surface area contributed by atoms with Gasteiger partial charge in [0.15, 0.2) is 5.03 Å². The Bertz CT molecular complexity index is 573. The number of rotatable bonds is 4. The van der Waals surface area contributed by atoms with Gasteiger partial charge in [-0.05, 0) is 32.6 Å². The van der Waals surface area contributed by atoms with Gasteiger partial charge in [-0.1, -0.05) is 6.92 Å². The van der Waals surface area contributed by atoms with Gasteiger partial charge >= 0.3 is 0 Å². The van der Waals surface area contributed by atoms with E-state index in [1.165, 1.54) is 0 Å². The maximum absolute atomic E-state index is 12.8. The number of nitrogens with zero attached hydrogens (tertiary/aromatic N) is 3. The fraction of sp³-hybridized carbons (Fsp3) is 0.769. The Morgan fingerprint density at radius 1 is 1.48 bits per heavy atom. The lowest BCUT2D eigenvalue weighted by Gasteiger charge is -2.37. The van der Waals surface area contributed by atoms with E-state index >= 15 is 0 Å². The summed E-state index contributed by atoms with van der Waals surface area (Å²) in [6.07, 6.45) is 3.53. The van der Waals surface area contributed by atoms with E-state index in [1.54, 1.807) is 10.5 Å². The van der Waals surface area contributed by atoms with Crippen LogP contribution in [0.3, 0.4) is 0 Å². The number of aryl methyl sites for hydroxylation is 2. The topological polar surface area (TPSA) is 81.2 Å². The Balaban J connectivity index is 0.00000220. The van der Waals surface area contributed by atoms with Crippen LogP contribution in [0.2, 0.25) is 0 Å². The molecule has 21 heavy (non-hydrogen) atoms. The van der Waals surface area contributed by atoms with Gasteiger partial charge < -0.3 is 10.3 Å². The van der Waals surface area contributed by atoms with Crippen LogP contribution in [0.4, 0.5) is 0 Å². The van der Waals surface area contributed by atoms with Gasteiger partial charge in [-0.15, -0.1) is 12.4 Å². The standard InChI is InChI=1S/C13H24N4O2S.ClH/c1-4-16-9-13(15-11(16)3)20(18,19)17-7-5-6-10(2)12(17)8-14;/h9-10,12H,4-8,14H2,1-3H3;1H. The van der Waals surface area contributed by atoms with Gasteiger partial charge in [0.05, 0.1) is 0 Å². The first-order valence-electron chi connectivity index (χ1n) is 7.17. The number of sulfonamides is 1.